The molecule has 0 spiro atoms. The lowest BCUT2D eigenvalue weighted by atomic mass is 10.1. The zero-order chi connectivity index (χ0) is 12.8. The highest BCUT2D eigenvalue weighted by Gasteiger charge is 2.09. The molecule has 0 aliphatic heterocycles. The van der Waals surface area contributed by atoms with Crippen molar-refractivity contribution >= 4 is 32.1 Å². The van der Waals surface area contributed by atoms with Gasteiger partial charge in [-0.2, -0.15) is 8.42 Å². The van der Waals surface area contributed by atoms with Crippen molar-refractivity contribution in [2.45, 2.75) is 0 Å². The quantitative estimate of drug-likeness (QED) is 0.666. The molecule has 1 aromatic heterocycles. The molecular formula is C13H10O4S. The standard InChI is InChI=1S/C13H10O4S/c1-18(14,15)17-9-6-7-13-11(8-9)10-4-2-3-5-12(10)16-13/h2-8H,1H3. The van der Waals surface area contributed by atoms with Crippen LogP contribution in [0.3, 0.4) is 0 Å². The molecule has 0 saturated carbocycles. The molecule has 0 fully saturated rings. The number of fused-ring (bicyclic) bond motifs is 3. The molecule has 92 valence electrons. The molecule has 0 N–H and O–H groups in total. The van der Waals surface area contributed by atoms with Crippen molar-refractivity contribution in [3.8, 4) is 5.75 Å². The highest BCUT2D eigenvalue weighted by Crippen LogP contribution is 2.31. The van der Waals surface area contributed by atoms with Crippen molar-refractivity contribution in [2.75, 3.05) is 6.26 Å². The molecule has 0 amide bonds. The van der Waals surface area contributed by atoms with Gasteiger partial charge >= 0.3 is 10.1 Å². The summed E-state index contributed by atoms with van der Waals surface area (Å²) in [7, 11) is -3.51. The van der Waals surface area contributed by atoms with Gasteiger partial charge in [0, 0.05) is 10.8 Å². The molecule has 3 aromatic rings. The van der Waals surface area contributed by atoms with Crippen molar-refractivity contribution in [1.82, 2.24) is 0 Å². The highest BCUT2D eigenvalue weighted by atomic mass is 32.2. The first kappa shape index (κ1) is 11.1. The fourth-order valence-corrected chi connectivity index (χ4v) is 2.39. The predicted molar refractivity (Wildman–Crippen MR) is 69.2 cm³/mol. The number of rotatable bonds is 2. The molecule has 0 unspecified atom stereocenters. The SMILES string of the molecule is CS(=O)(=O)Oc1ccc2oc3ccccc3c2c1. The summed E-state index contributed by atoms with van der Waals surface area (Å²) >= 11 is 0. The monoisotopic (exact) mass is 262 g/mol. The van der Waals surface area contributed by atoms with Crippen molar-refractivity contribution in [1.29, 1.82) is 0 Å². The first-order valence-electron chi connectivity index (χ1n) is 5.34. The molecule has 0 atom stereocenters. The summed E-state index contributed by atoms with van der Waals surface area (Å²) in [4.78, 5) is 0. The smallest absolute Gasteiger partial charge is 0.306 e. The first-order valence-corrected chi connectivity index (χ1v) is 7.15. The second-order valence-corrected chi connectivity index (χ2v) is 5.62. The Kier molecular flexibility index (Phi) is 2.31. The first-order chi connectivity index (χ1) is 8.53. The van der Waals surface area contributed by atoms with Gasteiger partial charge < -0.3 is 8.60 Å². The molecule has 0 saturated heterocycles. The largest absolute Gasteiger partial charge is 0.456 e. The third-order valence-corrected chi connectivity index (χ3v) is 3.09. The lowest BCUT2D eigenvalue weighted by molar-refractivity contribution is 0.493. The van der Waals surface area contributed by atoms with Crippen LogP contribution in [0.2, 0.25) is 0 Å². The summed E-state index contributed by atoms with van der Waals surface area (Å²) in [6.07, 6.45) is 1.02. The molecule has 5 heteroatoms. The Hall–Kier alpha value is -2.01. The zero-order valence-corrected chi connectivity index (χ0v) is 10.4. The maximum absolute atomic E-state index is 11.1. The van der Waals surface area contributed by atoms with Crippen LogP contribution in [-0.2, 0) is 10.1 Å². The summed E-state index contributed by atoms with van der Waals surface area (Å²) in [6.45, 7) is 0. The van der Waals surface area contributed by atoms with E-state index in [0.717, 1.165) is 22.6 Å². The number of benzene rings is 2. The van der Waals surface area contributed by atoms with Crippen LogP contribution in [-0.4, -0.2) is 14.7 Å². The van der Waals surface area contributed by atoms with Gasteiger partial charge in [-0.25, -0.2) is 0 Å². The minimum absolute atomic E-state index is 0.288. The molecule has 4 nitrogen and oxygen atoms in total. The second kappa shape index (κ2) is 3.74. The van der Waals surface area contributed by atoms with Crippen LogP contribution in [0, 0.1) is 0 Å². The molecule has 0 aliphatic carbocycles. The van der Waals surface area contributed by atoms with Crippen LogP contribution in [0.1, 0.15) is 0 Å². The number of para-hydroxylation sites is 1. The van der Waals surface area contributed by atoms with Crippen LogP contribution < -0.4 is 4.18 Å². The van der Waals surface area contributed by atoms with Gasteiger partial charge in [-0.1, -0.05) is 18.2 Å². The lowest BCUT2D eigenvalue weighted by Gasteiger charge is -2.01. The van der Waals surface area contributed by atoms with Gasteiger partial charge in [0.2, 0.25) is 0 Å². The number of hydrogen-bond acceptors (Lipinski definition) is 4. The maximum atomic E-state index is 11.1. The molecule has 0 aliphatic rings. The van der Waals surface area contributed by atoms with Crippen molar-refractivity contribution < 1.29 is 17.0 Å². The highest BCUT2D eigenvalue weighted by molar-refractivity contribution is 7.86. The topological polar surface area (TPSA) is 56.5 Å². The molecule has 3 rings (SSSR count). The average molecular weight is 262 g/mol. The van der Waals surface area contributed by atoms with E-state index >= 15 is 0 Å². The predicted octanol–water partition coefficient (Wildman–Crippen LogP) is 2.92. The van der Waals surface area contributed by atoms with E-state index in [1.54, 1.807) is 18.2 Å². The zero-order valence-electron chi connectivity index (χ0n) is 9.58. The maximum Gasteiger partial charge on any atom is 0.306 e. The lowest BCUT2D eigenvalue weighted by Crippen LogP contribution is -2.05. The Morgan fingerprint density at radius 2 is 1.72 bits per heavy atom. The number of hydrogen-bond donors (Lipinski definition) is 0. The Labute approximate surface area is 104 Å². The van der Waals surface area contributed by atoms with Crippen LogP contribution >= 0.6 is 0 Å². The fraction of sp³-hybridized carbons (Fsp3) is 0.0769. The minimum atomic E-state index is -3.51. The summed E-state index contributed by atoms with van der Waals surface area (Å²) in [5.41, 5.74) is 1.47. The summed E-state index contributed by atoms with van der Waals surface area (Å²) in [6, 6.07) is 12.5. The van der Waals surface area contributed by atoms with E-state index in [9.17, 15) is 8.42 Å². The van der Waals surface area contributed by atoms with Crippen LogP contribution in [0.5, 0.6) is 5.75 Å². The molecule has 18 heavy (non-hydrogen) atoms. The van der Waals surface area contributed by atoms with E-state index in [2.05, 4.69) is 0 Å². The van der Waals surface area contributed by atoms with E-state index in [0.29, 0.717) is 5.58 Å². The molecule has 0 radical (unpaired) electrons. The van der Waals surface area contributed by atoms with E-state index < -0.39 is 10.1 Å². The second-order valence-electron chi connectivity index (χ2n) is 4.04. The van der Waals surface area contributed by atoms with E-state index in [-0.39, 0.29) is 5.75 Å². The van der Waals surface area contributed by atoms with Gasteiger partial charge in [0.25, 0.3) is 0 Å². The summed E-state index contributed by atoms with van der Waals surface area (Å²) in [5, 5.41) is 1.78. The van der Waals surface area contributed by atoms with Crippen LogP contribution in [0.25, 0.3) is 21.9 Å². The third kappa shape index (κ3) is 1.93. The molecule has 0 bridgehead atoms. The number of furan rings is 1. The van der Waals surface area contributed by atoms with E-state index in [4.69, 9.17) is 8.60 Å². The van der Waals surface area contributed by atoms with E-state index in [1.807, 2.05) is 24.3 Å². The van der Waals surface area contributed by atoms with Crippen LogP contribution in [0.4, 0.5) is 0 Å². The van der Waals surface area contributed by atoms with Crippen molar-refractivity contribution in [3.63, 3.8) is 0 Å². The normalized spacial score (nSPS) is 12.1. The molecule has 2 aromatic carbocycles. The van der Waals surface area contributed by atoms with Gasteiger partial charge in [-0.05, 0) is 24.3 Å². The van der Waals surface area contributed by atoms with E-state index in [1.165, 1.54) is 0 Å². The average Bonchev–Trinajstić information content (AvgIpc) is 2.65. The fourth-order valence-electron chi connectivity index (χ4n) is 1.93. The van der Waals surface area contributed by atoms with Gasteiger partial charge in [0.05, 0.1) is 6.26 Å². The van der Waals surface area contributed by atoms with Gasteiger partial charge in [0.1, 0.15) is 16.9 Å². The third-order valence-electron chi connectivity index (χ3n) is 2.60. The van der Waals surface area contributed by atoms with Crippen molar-refractivity contribution in [3.05, 3.63) is 42.5 Å². The molecule has 1 heterocycles. The van der Waals surface area contributed by atoms with Crippen molar-refractivity contribution in [2.24, 2.45) is 0 Å². The summed E-state index contributed by atoms with van der Waals surface area (Å²) < 4.78 is 32.7. The van der Waals surface area contributed by atoms with Gasteiger partial charge in [-0.3, -0.25) is 0 Å². The molecular weight excluding hydrogens is 252 g/mol. The minimum Gasteiger partial charge on any atom is -0.456 e. The Morgan fingerprint density at radius 1 is 1.00 bits per heavy atom. The van der Waals surface area contributed by atoms with Crippen LogP contribution in [0.15, 0.2) is 46.9 Å². The Morgan fingerprint density at radius 3 is 2.50 bits per heavy atom. The van der Waals surface area contributed by atoms with Gasteiger partial charge in [0.15, 0.2) is 0 Å². The Bertz CT molecular complexity index is 830. The van der Waals surface area contributed by atoms with Gasteiger partial charge in [-0.15, -0.1) is 0 Å². The Balaban J connectivity index is 2.24. The summed E-state index contributed by atoms with van der Waals surface area (Å²) in [5.74, 6) is 0.288.